The van der Waals surface area contributed by atoms with Gasteiger partial charge in [-0.3, -0.25) is 0 Å². The molecule has 1 aliphatic rings. The van der Waals surface area contributed by atoms with Crippen molar-refractivity contribution in [2.24, 2.45) is 11.8 Å². The molecule has 0 aliphatic carbocycles. The van der Waals surface area contributed by atoms with E-state index in [9.17, 15) is 8.78 Å². The van der Waals surface area contributed by atoms with Crippen molar-refractivity contribution in [2.75, 3.05) is 6.54 Å². The lowest BCUT2D eigenvalue weighted by Gasteiger charge is -2.30. The SMILES string of the molecule is CCNC(c1cccc(F)c1F)C1C(C)OC(C)C1C. The van der Waals surface area contributed by atoms with Crippen LogP contribution in [0.1, 0.15) is 39.3 Å². The number of benzene rings is 1. The molecule has 1 heterocycles. The number of hydrogen-bond acceptors (Lipinski definition) is 2. The molecule has 1 N–H and O–H groups in total. The van der Waals surface area contributed by atoms with E-state index < -0.39 is 11.6 Å². The molecule has 2 rings (SSSR count). The minimum Gasteiger partial charge on any atom is -0.375 e. The molecule has 1 aromatic rings. The Morgan fingerprint density at radius 3 is 2.45 bits per heavy atom. The first-order valence-electron chi connectivity index (χ1n) is 7.30. The fraction of sp³-hybridized carbons (Fsp3) is 0.625. The van der Waals surface area contributed by atoms with Crippen molar-refractivity contribution < 1.29 is 13.5 Å². The van der Waals surface area contributed by atoms with E-state index in [4.69, 9.17) is 4.74 Å². The molecule has 5 unspecified atom stereocenters. The Balaban J connectivity index is 2.38. The van der Waals surface area contributed by atoms with Crippen LogP contribution in [-0.2, 0) is 4.74 Å². The van der Waals surface area contributed by atoms with Crippen LogP contribution < -0.4 is 5.32 Å². The quantitative estimate of drug-likeness (QED) is 0.910. The molecule has 5 atom stereocenters. The second-order valence-corrected chi connectivity index (χ2v) is 5.66. The molecule has 0 bridgehead atoms. The van der Waals surface area contributed by atoms with Crippen LogP contribution in [0.2, 0.25) is 0 Å². The fourth-order valence-electron chi connectivity index (χ4n) is 3.30. The second kappa shape index (κ2) is 6.19. The van der Waals surface area contributed by atoms with Crippen molar-refractivity contribution in [2.45, 2.75) is 45.9 Å². The summed E-state index contributed by atoms with van der Waals surface area (Å²) in [5.74, 6) is -1.13. The van der Waals surface area contributed by atoms with E-state index in [1.54, 1.807) is 12.1 Å². The molecule has 1 aliphatic heterocycles. The lowest BCUT2D eigenvalue weighted by Crippen LogP contribution is -2.35. The number of halogens is 2. The number of rotatable bonds is 4. The summed E-state index contributed by atoms with van der Waals surface area (Å²) < 4.78 is 33.5. The first-order valence-corrected chi connectivity index (χ1v) is 7.30. The van der Waals surface area contributed by atoms with Gasteiger partial charge >= 0.3 is 0 Å². The molecule has 0 spiro atoms. The van der Waals surface area contributed by atoms with E-state index in [-0.39, 0.29) is 30.1 Å². The van der Waals surface area contributed by atoms with E-state index in [1.807, 2.05) is 20.8 Å². The predicted octanol–water partition coefficient (Wildman–Crippen LogP) is 3.67. The summed E-state index contributed by atoms with van der Waals surface area (Å²) in [6.45, 7) is 8.82. The van der Waals surface area contributed by atoms with Crippen molar-refractivity contribution in [3.63, 3.8) is 0 Å². The molecule has 20 heavy (non-hydrogen) atoms. The first-order chi connectivity index (χ1) is 9.47. The maximum absolute atomic E-state index is 14.1. The van der Waals surface area contributed by atoms with Gasteiger partial charge in [-0.15, -0.1) is 0 Å². The van der Waals surface area contributed by atoms with Crippen LogP contribution in [-0.4, -0.2) is 18.8 Å². The van der Waals surface area contributed by atoms with E-state index in [0.717, 1.165) is 6.07 Å². The van der Waals surface area contributed by atoms with Crippen LogP contribution in [0.15, 0.2) is 18.2 Å². The van der Waals surface area contributed by atoms with Gasteiger partial charge in [0.1, 0.15) is 0 Å². The third kappa shape index (κ3) is 2.72. The molecule has 1 saturated heterocycles. The topological polar surface area (TPSA) is 21.3 Å². The minimum absolute atomic E-state index is 0.0201. The summed E-state index contributed by atoms with van der Waals surface area (Å²) >= 11 is 0. The van der Waals surface area contributed by atoms with Crippen LogP contribution in [0.3, 0.4) is 0 Å². The van der Waals surface area contributed by atoms with Gasteiger partial charge in [0.05, 0.1) is 12.2 Å². The number of ether oxygens (including phenoxy) is 1. The van der Waals surface area contributed by atoms with Gasteiger partial charge in [0.25, 0.3) is 0 Å². The smallest absolute Gasteiger partial charge is 0.163 e. The molecule has 0 saturated carbocycles. The Kier molecular flexibility index (Phi) is 4.76. The van der Waals surface area contributed by atoms with Crippen LogP contribution >= 0.6 is 0 Å². The van der Waals surface area contributed by atoms with Crippen molar-refractivity contribution in [3.8, 4) is 0 Å². The van der Waals surface area contributed by atoms with Gasteiger partial charge in [-0.05, 0) is 32.4 Å². The van der Waals surface area contributed by atoms with Crippen molar-refractivity contribution in [3.05, 3.63) is 35.4 Å². The van der Waals surface area contributed by atoms with Crippen LogP contribution in [0.25, 0.3) is 0 Å². The van der Waals surface area contributed by atoms with Gasteiger partial charge in [-0.1, -0.05) is 26.0 Å². The van der Waals surface area contributed by atoms with Crippen molar-refractivity contribution >= 4 is 0 Å². The first kappa shape index (κ1) is 15.4. The Labute approximate surface area is 119 Å². The predicted molar refractivity (Wildman–Crippen MR) is 75.4 cm³/mol. The molecule has 4 heteroatoms. The lowest BCUT2D eigenvalue weighted by molar-refractivity contribution is 0.0474. The maximum Gasteiger partial charge on any atom is 0.163 e. The second-order valence-electron chi connectivity index (χ2n) is 5.66. The average molecular weight is 283 g/mol. The Bertz CT molecular complexity index is 466. The highest BCUT2D eigenvalue weighted by Crippen LogP contribution is 2.41. The standard InChI is InChI=1S/C16H23F2NO/c1-5-19-16(12-7-6-8-13(17)15(12)18)14-9(2)10(3)20-11(14)4/h6-11,14,16,19H,5H2,1-4H3. The molecule has 0 amide bonds. The highest BCUT2D eigenvalue weighted by Gasteiger charge is 2.42. The maximum atomic E-state index is 14.1. The molecule has 1 aromatic carbocycles. The largest absolute Gasteiger partial charge is 0.375 e. The molecule has 0 radical (unpaired) electrons. The molecule has 1 fully saturated rings. The van der Waals surface area contributed by atoms with Crippen molar-refractivity contribution in [1.82, 2.24) is 5.32 Å². The number of nitrogens with one attached hydrogen (secondary N) is 1. The summed E-state index contributed by atoms with van der Waals surface area (Å²) in [5.41, 5.74) is 0.397. The monoisotopic (exact) mass is 283 g/mol. The van der Waals surface area contributed by atoms with Gasteiger partial charge in [-0.25, -0.2) is 8.78 Å². The van der Waals surface area contributed by atoms with E-state index in [1.165, 1.54) is 0 Å². The third-order valence-electron chi connectivity index (χ3n) is 4.44. The highest BCUT2D eigenvalue weighted by molar-refractivity contribution is 5.24. The van der Waals surface area contributed by atoms with E-state index >= 15 is 0 Å². The van der Waals surface area contributed by atoms with Gasteiger partial charge in [0.15, 0.2) is 11.6 Å². The average Bonchev–Trinajstić information content (AvgIpc) is 2.65. The number of hydrogen-bond donors (Lipinski definition) is 1. The Morgan fingerprint density at radius 2 is 1.90 bits per heavy atom. The Morgan fingerprint density at radius 1 is 1.20 bits per heavy atom. The normalized spacial score (nSPS) is 31.5. The van der Waals surface area contributed by atoms with Crippen LogP contribution in [0.4, 0.5) is 8.78 Å². The van der Waals surface area contributed by atoms with E-state index in [0.29, 0.717) is 12.1 Å². The van der Waals surface area contributed by atoms with E-state index in [2.05, 4.69) is 12.2 Å². The van der Waals surface area contributed by atoms with Crippen LogP contribution in [0, 0.1) is 23.5 Å². The fourth-order valence-corrected chi connectivity index (χ4v) is 3.30. The molecular weight excluding hydrogens is 260 g/mol. The van der Waals surface area contributed by atoms with Gasteiger partial charge < -0.3 is 10.1 Å². The Hall–Kier alpha value is -1.00. The van der Waals surface area contributed by atoms with Gasteiger partial charge in [0.2, 0.25) is 0 Å². The minimum atomic E-state index is -0.794. The zero-order valence-corrected chi connectivity index (χ0v) is 12.5. The van der Waals surface area contributed by atoms with Gasteiger partial charge in [0, 0.05) is 17.5 Å². The molecular formula is C16H23F2NO. The van der Waals surface area contributed by atoms with Crippen molar-refractivity contribution in [1.29, 1.82) is 0 Å². The highest BCUT2D eigenvalue weighted by atomic mass is 19.2. The summed E-state index contributed by atoms with van der Waals surface area (Å²) in [6, 6.07) is 4.15. The zero-order chi connectivity index (χ0) is 14.9. The van der Waals surface area contributed by atoms with Gasteiger partial charge in [-0.2, -0.15) is 0 Å². The lowest BCUT2D eigenvalue weighted by atomic mass is 9.80. The summed E-state index contributed by atoms with van der Waals surface area (Å²) in [7, 11) is 0. The molecule has 2 nitrogen and oxygen atoms in total. The molecule has 112 valence electrons. The summed E-state index contributed by atoms with van der Waals surface area (Å²) in [5, 5.41) is 3.30. The third-order valence-corrected chi connectivity index (χ3v) is 4.44. The summed E-state index contributed by atoms with van der Waals surface area (Å²) in [6.07, 6.45) is 0.152. The molecule has 0 aromatic heterocycles. The summed E-state index contributed by atoms with van der Waals surface area (Å²) in [4.78, 5) is 0. The zero-order valence-electron chi connectivity index (χ0n) is 12.5. The van der Waals surface area contributed by atoms with Crippen LogP contribution in [0.5, 0.6) is 0 Å².